The number of fused-ring (bicyclic) bond motifs is 1. The molecule has 0 saturated carbocycles. The van der Waals surface area contributed by atoms with Gasteiger partial charge in [-0.3, -0.25) is 4.90 Å². The maximum atomic E-state index is 5.15. The van der Waals surface area contributed by atoms with E-state index in [1.165, 1.54) is 22.3 Å². The molecule has 5 aromatic rings. The van der Waals surface area contributed by atoms with Crippen LogP contribution in [0.15, 0.2) is 85.1 Å². The number of para-hydroxylation sites is 1. The third-order valence-corrected chi connectivity index (χ3v) is 7.31. The van der Waals surface area contributed by atoms with Gasteiger partial charge in [-0.1, -0.05) is 77.9 Å². The summed E-state index contributed by atoms with van der Waals surface area (Å²) in [7, 11) is 0. The summed E-state index contributed by atoms with van der Waals surface area (Å²) < 4.78 is 1.95. The Hall–Kier alpha value is -4.03. The maximum Gasteiger partial charge on any atom is 0.168 e. The van der Waals surface area contributed by atoms with Gasteiger partial charge in [0, 0.05) is 39.1 Å². The molecular formula is C32H34N6. The highest BCUT2D eigenvalue weighted by atomic mass is 15.3. The first-order valence-electron chi connectivity index (χ1n) is 13.5. The average Bonchev–Trinajstić information content (AvgIpc) is 3.22. The Morgan fingerprint density at radius 1 is 0.737 bits per heavy atom. The van der Waals surface area contributed by atoms with Crippen LogP contribution in [0.1, 0.15) is 34.5 Å². The van der Waals surface area contributed by atoms with Gasteiger partial charge < -0.3 is 4.90 Å². The molecule has 0 atom stereocenters. The van der Waals surface area contributed by atoms with Crippen molar-refractivity contribution in [2.45, 2.75) is 33.2 Å². The first kappa shape index (κ1) is 24.3. The average molecular weight is 503 g/mol. The predicted octanol–water partition coefficient (Wildman–Crippen LogP) is 5.74. The van der Waals surface area contributed by atoms with Crippen molar-refractivity contribution < 1.29 is 0 Å². The van der Waals surface area contributed by atoms with E-state index in [2.05, 4.69) is 84.3 Å². The van der Waals surface area contributed by atoms with Crippen LogP contribution in [-0.2, 0) is 13.0 Å². The van der Waals surface area contributed by atoms with E-state index in [0.717, 1.165) is 67.5 Å². The van der Waals surface area contributed by atoms with Crippen LogP contribution in [0.2, 0.25) is 0 Å². The molecule has 0 radical (unpaired) electrons. The van der Waals surface area contributed by atoms with Gasteiger partial charge in [-0.05, 0) is 43.5 Å². The van der Waals surface area contributed by atoms with Crippen LogP contribution in [0.3, 0.4) is 0 Å². The molecule has 6 nitrogen and oxygen atoms in total. The largest absolute Gasteiger partial charge is 0.355 e. The van der Waals surface area contributed by atoms with E-state index >= 15 is 0 Å². The Morgan fingerprint density at radius 2 is 1.58 bits per heavy atom. The Balaban J connectivity index is 1.33. The number of benzene rings is 3. The minimum atomic E-state index is 0.691. The van der Waals surface area contributed by atoms with Gasteiger partial charge in [0.1, 0.15) is 11.6 Å². The van der Waals surface area contributed by atoms with Crippen LogP contribution < -0.4 is 4.90 Å². The fourth-order valence-electron chi connectivity index (χ4n) is 5.31. The molecule has 1 aliphatic rings. The predicted molar refractivity (Wildman–Crippen MR) is 154 cm³/mol. The van der Waals surface area contributed by atoms with Gasteiger partial charge in [-0.25, -0.2) is 14.6 Å². The molecule has 38 heavy (non-hydrogen) atoms. The van der Waals surface area contributed by atoms with Gasteiger partial charge in [-0.15, -0.1) is 0 Å². The van der Waals surface area contributed by atoms with Gasteiger partial charge in [0.25, 0.3) is 0 Å². The summed E-state index contributed by atoms with van der Waals surface area (Å²) in [6, 6.07) is 27.8. The summed E-state index contributed by atoms with van der Waals surface area (Å²) in [4.78, 5) is 15.2. The molecule has 1 fully saturated rings. The van der Waals surface area contributed by atoms with Crippen LogP contribution in [0.5, 0.6) is 0 Å². The molecule has 2 aromatic heterocycles. The third-order valence-electron chi connectivity index (χ3n) is 7.31. The highest BCUT2D eigenvalue weighted by Crippen LogP contribution is 2.28. The topological polar surface area (TPSA) is 50.1 Å². The van der Waals surface area contributed by atoms with E-state index in [1.807, 2.05) is 29.1 Å². The molecule has 0 bridgehead atoms. The fraction of sp³-hybridized carbons (Fsp3) is 0.281. The van der Waals surface area contributed by atoms with Crippen LogP contribution in [0.4, 0.5) is 5.82 Å². The number of hydrogen-bond donors (Lipinski definition) is 0. The normalized spacial score (nSPS) is 14.6. The molecule has 6 rings (SSSR count). The highest BCUT2D eigenvalue weighted by molar-refractivity contribution is 5.88. The maximum absolute atomic E-state index is 5.15. The fourth-order valence-corrected chi connectivity index (χ4v) is 5.31. The van der Waals surface area contributed by atoms with Crippen molar-refractivity contribution in [2.24, 2.45) is 0 Å². The molecule has 0 spiro atoms. The van der Waals surface area contributed by atoms with E-state index in [9.17, 15) is 0 Å². The van der Waals surface area contributed by atoms with Crippen molar-refractivity contribution in [3.8, 4) is 5.69 Å². The monoisotopic (exact) mass is 502 g/mol. The molecule has 3 heterocycles. The molecule has 0 N–H and O–H groups in total. The minimum absolute atomic E-state index is 0.691. The molecule has 0 aliphatic carbocycles. The number of aryl methyl sites for hydroxylation is 2. The lowest BCUT2D eigenvalue weighted by molar-refractivity contribution is 0.285. The third kappa shape index (κ3) is 5.31. The van der Waals surface area contributed by atoms with Crippen molar-refractivity contribution in [3.05, 3.63) is 113 Å². The molecule has 1 aliphatic heterocycles. The first-order chi connectivity index (χ1) is 18.6. The van der Waals surface area contributed by atoms with E-state index in [4.69, 9.17) is 15.1 Å². The molecule has 3 aromatic carbocycles. The van der Waals surface area contributed by atoms with Gasteiger partial charge in [0.2, 0.25) is 0 Å². The summed E-state index contributed by atoms with van der Waals surface area (Å²) in [6.45, 7) is 9.24. The lowest BCUT2D eigenvalue weighted by atomic mass is 10.1. The Bertz CT molecular complexity index is 1520. The quantitative estimate of drug-likeness (QED) is 0.297. The zero-order chi connectivity index (χ0) is 25.9. The zero-order valence-electron chi connectivity index (χ0n) is 22.2. The lowest BCUT2D eigenvalue weighted by Crippen LogP contribution is -2.31. The van der Waals surface area contributed by atoms with E-state index in [1.54, 1.807) is 0 Å². The second-order valence-corrected chi connectivity index (χ2v) is 10.4. The van der Waals surface area contributed by atoms with E-state index in [0.29, 0.717) is 6.42 Å². The summed E-state index contributed by atoms with van der Waals surface area (Å²) in [5, 5.41) is 5.77. The van der Waals surface area contributed by atoms with Crippen LogP contribution in [0, 0.1) is 13.8 Å². The smallest absolute Gasteiger partial charge is 0.168 e. The number of anilines is 1. The van der Waals surface area contributed by atoms with Gasteiger partial charge in [0.15, 0.2) is 5.65 Å². The molecular weight excluding hydrogens is 468 g/mol. The van der Waals surface area contributed by atoms with Gasteiger partial charge >= 0.3 is 0 Å². The van der Waals surface area contributed by atoms with Gasteiger partial charge in [0.05, 0.1) is 17.3 Å². The Labute approximate surface area is 224 Å². The number of rotatable bonds is 6. The van der Waals surface area contributed by atoms with Crippen molar-refractivity contribution in [2.75, 3.05) is 31.1 Å². The van der Waals surface area contributed by atoms with E-state index in [-0.39, 0.29) is 0 Å². The first-order valence-corrected chi connectivity index (χ1v) is 13.5. The molecule has 0 amide bonds. The van der Waals surface area contributed by atoms with Crippen LogP contribution >= 0.6 is 0 Å². The summed E-state index contributed by atoms with van der Waals surface area (Å²) in [5.41, 5.74) is 7.05. The summed E-state index contributed by atoms with van der Waals surface area (Å²) >= 11 is 0. The lowest BCUT2D eigenvalue weighted by Gasteiger charge is -2.24. The molecule has 6 heteroatoms. The molecule has 192 valence electrons. The number of hydrogen-bond acceptors (Lipinski definition) is 5. The SMILES string of the molecule is Cc1ccc(Cc2nc(N3CCCN(Cc4cccc(C)c4)CC3)c3cnn(-c4ccccc4)c3n2)cc1. The second kappa shape index (κ2) is 10.8. The standard InChI is InChI=1S/C32H34N6/c1-24-12-14-26(15-13-24)21-30-34-31(29-22-33-38(32(29)35-30)28-10-4-3-5-11-28)37-17-7-16-36(18-19-37)23-27-9-6-8-25(2)20-27/h3-6,8-15,20,22H,7,16-19,21,23H2,1-2H3. The highest BCUT2D eigenvalue weighted by Gasteiger charge is 2.22. The van der Waals surface area contributed by atoms with E-state index < -0.39 is 0 Å². The second-order valence-electron chi connectivity index (χ2n) is 10.4. The van der Waals surface area contributed by atoms with Crippen molar-refractivity contribution in [1.82, 2.24) is 24.6 Å². The zero-order valence-corrected chi connectivity index (χ0v) is 22.2. The van der Waals surface area contributed by atoms with Crippen LogP contribution in [0.25, 0.3) is 16.7 Å². The summed E-state index contributed by atoms with van der Waals surface area (Å²) in [6.07, 6.45) is 3.72. The van der Waals surface area contributed by atoms with Crippen molar-refractivity contribution in [3.63, 3.8) is 0 Å². The molecule has 0 unspecified atom stereocenters. The Kier molecular flexibility index (Phi) is 6.88. The minimum Gasteiger partial charge on any atom is -0.355 e. The van der Waals surface area contributed by atoms with Crippen LogP contribution in [-0.4, -0.2) is 50.8 Å². The number of aromatic nitrogens is 4. The van der Waals surface area contributed by atoms with Crippen molar-refractivity contribution in [1.29, 1.82) is 0 Å². The Morgan fingerprint density at radius 3 is 2.39 bits per heavy atom. The number of nitrogens with zero attached hydrogens (tertiary/aromatic N) is 6. The van der Waals surface area contributed by atoms with Crippen molar-refractivity contribution >= 4 is 16.9 Å². The van der Waals surface area contributed by atoms with Gasteiger partial charge in [-0.2, -0.15) is 5.10 Å². The summed E-state index contributed by atoms with van der Waals surface area (Å²) in [5.74, 6) is 1.83. The molecule has 1 saturated heterocycles.